The third-order valence-electron chi connectivity index (χ3n) is 10.5. The molecule has 7 rings (SSSR count). The zero-order chi connectivity index (χ0) is 51.3. The number of fused-ring (bicyclic) bond motifs is 3. The van der Waals surface area contributed by atoms with Crippen LogP contribution < -0.4 is 46.1 Å². The molecule has 366 valence electrons. The van der Waals surface area contributed by atoms with Gasteiger partial charge in [-0.25, -0.2) is 14.4 Å². The summed E-state index contributed by atoms with van der Waals surface area (Å²) in [4.78, 5) is 90.3. The van der Waals surface area contributed by atoms with E-state index >= 15 is 0 Å². The van der Waals surface area contributed by atoms with Gasteiger partial charge in [-0.15, -0.1) is 0 Å². The van der Waals surface area contributed by atoms with Gasteiger partial charge in [-0.1, -0.05) is 92.5 Å². The highest BCUT2D eigenvalue weighted by Crippen LogP contribution is 2.40. The zero-order valence-electron chi connectivity index (χ0n) is 38.9. The van der Waals surface area contributed by atoms with Crippen LogP contribution in [0.15, 0.2) is 129 Å². The molecule has 0 atom stereocenters. The Labute approximate surface area is 410 Å². The van der Waals surface area contributed by atoms with Crippen molar-refractivity contribution in [1.82, 2.24) is 30.9 Å². The molecular formula is C51H45N9O12. The molecule has 7 aromatic rings. The van der Waals surface area contributed by atoms with Crippen molar-refractivity contribution < 1.29 is 57.2 Å². The predicted octanol–water partition coefficient (Wildman–Crippen LogP) is 6.84. The minimum absolute atomic E-state index is 0.0589. The first kappa shape index (κ1) is 49.8. The number of benzene rings is 6. The Bertz CT molecular complexity index is 2970. The van der Waals surface area contributed by atoms with E-state index in [2.05, 4.69) is 51.6 Å². The van der Waals surface area contributed by atoms with E-state index in [0.29, 0.717) is 49.4 Å². The van der Waals surface area contributed by atoms with Gasteiger partial charge in [0.05, 0.1) is 16.7 Å². The minimum atomic E-state index is -0.731. The summed E-state index contributed by atoms with van der Waals surface area (Å²) in [5.41, 5.74) is 1.18. The molecule has 21 nitrogen and oxygen atoms in total. The molecule has 6 N–H and O–H groups in total. The quantitative estimate of drug-likeness (QED) is 0.0186. The zero-order valence-corrected chi connectivity index (χ0v) is 38.9. The standard InChI is InChI=1S/C51H45N9O12/c1-7-40(61)67-25-70-43-31-19-13-10-16-28(31)37(22-34(43)46(64)52-4)55-49-58-50(56-38-23-35(47(65)53-5)44(71-26-68-41(62)8-2)32-20-14-11-17-29(32)38)60-51(59-49)57-39-24-36(48(66)54-6)45(72-27-69-42(63)9-3)33-21-15-12-18-30(33)39/h7-24H,1-3,25-27H2,4-6H3,(H,52,64)(H,53,65)(H,54,66)(H3,55,56,57,58,59,60). The molecule has 1 aromatic heterocycles. The van der Waals surface area contributed by atoms with E-state index in [1.54, 1.807) is 72.8 Å². The van der Waals surface area contributed by atoms with E-state index in [4.69, 9.17) is 43.4 Å². The van der Waals surface area contributed by atoms with Crippen LogP contribution in [0.2, 0.25) is 0 Å². The molecule has 0 spiro atoms. The van der Waals surface area contributed by atoms with E-state index in [1.165, 1.54) is 39.3 Å². The maximum absolute atomic E-state index is 13.5. The lowest BCUT2D eigenvalue weighted by atomic mass is 10.0. The SMILES string of the molecule is C=CC(=O)OCOc1c(C(=O)NC)cc(Nc2nc(Nc3cc(C(=O)NC)c(OCOC(=O)C=C)c4ccccc34)nc(Nc3cc(C(=O)NC)c(OCOC(=O)C=C)c4ccccc34)n2)c2ccccc12. The molecule has 0 aliphatic heterocycles. The molecule has 1 heterocycles. The molecule has 0 bridgehead atoms. The van der Waals surface area contributed by atoms with Crippen LogP contribution in [0.5, 0.6) is 17.2 Å². The Morgan fingerprint density at radius 1 is 0.431 bits per heavy atom. The number of nitrogens with one attached hydrogen (secondary N) is 6. The van der Waals surface area contributed by atoms with Crippen LogP contribution in [0, 0.1) is 0 Å². The second kappa shape index (κ2) is 22.8. The topological polar surface area (TPSA) is 269 Å². The van der Waals surface area contributed by atoms with Crippen LogP contribution in [0.25, 0.3) is 32.3 Å². The maximum Gasteiger partial charge on any atom is 0.333 e. The van der Waals surface area contributed by atoms with Crippen LogP contribution >= 0.6 is 0 Å². The Kier molecular flexibility index (Phi) is 15.8. The van der Waals surface area contributed by atoms with Gasteiger partial charge in [-0.05, 0) is 18.2 Å². The monoisotopic (exact) mass is 975 g/mol. The molecule has 0 aliphatic rings. The Hall–Kier alpha value is -10.1. The third-order valence-corrected chi connectivity index (χ3v) is 10.5. The largest absolute Gasteiger partial charge is 0.456 e. The van der Waals surface area contributed by atoms with E-state index in [9.17, 15) is 28.8 Å². The van der Waals surface area contributed by atoms with E-state index in [1.807, 2.05) is 0 Å². The number of nitrogens with zero attached hydrogens (tertiary/aromatic N) is 3. The average molecular weight is 976 g/mol. The van der Waals surface area contributed by atoms with E-state index in [-0.39, 0.29) is 51.8 Å². The molecule has 0 radical (unpaired) electrons. The maximum atomic E-state index is 13.5. The van der Waals surface area contributed by atoms with E-state index in [0.717, 1.165) is 18.2 Å². The van der Waals surface area contributed by atoms with Crippen molar-refractivity contribution in [2.75, 3.05) is 57.5 Å². The summed E-state index contributed by atoms with van der Waals surface area (Å²) in [5.74, 6) is -3.68. The number of carbonyl (C=O) groups is 6. The Balaban J connectivity index is 1.40. The molecule has 72 heavy (non-hydrogen) atoms. The van der Waals surface area contributed by atoms with Gasteiger partial charge in [-0.2, -0.15) is 15.0 Å². The molecule has 0 fully saturated rings. The van der Waals surface area contributed by atoms with Crippen LogP contribution in [0.3, 0.4) is 0 Å². The number of ether oxygens (including phenoxy) is 6. The van der Waals surface area contributed by atoms with Crippen LogP contribution in [-0.4, -0.2) is 92.1 Å². The van der Waals surface area contributed by atoms with Gasteiger partial charge in [-0.3, -0.25) is 14.4 Å². The molecule has 3 amide bonds. The Morgan fingerprint density at radius 3 is 0.917 bits per heavy atom. The van der Waals surface area contributed by atoms with Crippen molar-refractivity contribution in [3.05, 3.63) is 146 Å². The minimum Gasteiger partial charge on any atom is -0.456 e. The van der Waals surface area contributed by atoms with Crippen molar-refractivity contribution in [2.45, 2.75) is 0 Å². The summed E-state index contributed by atoms with van der Waals surface area (Å²) < 4.78 is 32.9. The first-order valence-corrected chi connectivity index (χ1v) is 21.6. The summed E-state index contributed by atoms with van der Waals surface area (Å²) in [6.45, 7) is 8.62. The number of hydrogen-bond donors (Lipinski definition) is 6. The smallest absolute Gasteiger partial charge is 0.333 e. The average Bonchev–Trinajstić information content (AvgIpc) is 3.41. The molecule has 0 saturated heterocycles. The number of hydrogen-bond acceptors (Lipinski definition) is 18. The summed E-state index contributed by atoms with van der Waals surface area (Å²) in [7, 11) is 4.33. The van der Waals surface area contributed by atoms with Crippen molar-refractivity contribution in [3.8, 4) is 17.2 Å². The molecule has 0 unspecified atom stereocenters. The van der Waals surface area contributed by atoms with Crippen molar-refractivity contribution >= 4 is 103 Å². The summed E-state index contributed by atoms with van der Waals surface area (Å²) in [5, 5.41) is 20.5. The van der Waals surface area contributed by atoms with Crippen LogP contribution in [0.1, 0.15) is 31.1 Å². The van der Waals surface area contributed by atoms with Gasteiger partial charge in [0, 0.05) is 88.8 Å². The van der Waals surface area contributed by atoms with Gasteiger partial charge in [0.15, 0.2) is 0 Å². The fourth-order valence-electron chi connectivity index (χ4n) is 7.25. The van der Waals surface area contributed by atoms with Gasteiger partial charge in [0.1, 0.15) is 17.2 Å². The fraction of sp³-hybridized carbons (Fsp3) is 0.118. The number of carbonyl (C=O) groups excluding carboxylic acids is 6. The normalized spacial score (nSPS) is 10.5. The van der Waals surface area contributed by atoms with Gasteiger partial charge in [0.2, 0.25) is 38.2 Å². The number of anilines is 6. The number of aromatic nitrogens is 3. The van der Waals surface area contributed by atoms with Gasteiger partial charge in [0.25, 0.3) is 17.7 Å². The predicted molar refractivity (Wildman–Crippen MR) is 267 cm³/mol. The summed E-state index contributed by atoms with van der Waals surface area (Å²) >= 11 is 0. The second-order valence-corrected chi connectivity index (χ2v) is 14.7. The van der Waals surface area contributed by atoms with Crippen molar-refractivity contribution in [3.63, 3.8) is 0 Å². The highest BCUT2D eigenvalue weighted by molar-refractivity contribution is 6.11. The fourth-order valence-corrected chi connectivity index (χ4v) is 7.25. The number of esters is 3. The lowest BCUT2D eigenvalue weighted by molar-refractivity contribution is -0.145. The van der Waals surface area contributed by atoms with Crippen LogP contribution in [-0.2, 0) is 28.6 Å². The van der Waals surface area contributed by atoms with Crippen molar-refractivity contribution in [2.24, 2.45) is 0 Å². The van der Waals surface area contributed by atoms with Crippen molar-refractivity contribution in [1.29, 1.82) is 0 Å². The van der Waals surface area contributed by atoms with Gasteiger partial charge < -0.3 is 60.3 Å². The van der Waals surface area contributed by atoms with E-state index < -0.39 is 56.0 Å². The molecule has 21 heteroatoms. The molecular weight excluding hydrogens is 931 g/mol. The number of amides is 3. The highest BCUT2D eigenvalue weighted by atomic mass is 16.7. The first-order valence-electron chi connectivity index (χ1n) is 21.6. The highest BCUT2D eigenvalue weighted by Gasteiger charge is 2.24. The van der Waals surface area contributed by atoms with Crippen LogP contribution in [0.4, 0.5) is 34.9 Å². The lowest BCUT2D eigenvalue weighted by Crippen LogP contribution is -2.20. The lowest BCUT2D eigenvalue weighted by Gasteiger charge is -2.19. The first-order chi connectivity index (χ1) is 34.9. The third kappa shape index (κ3) is 11.1. The molecule has 0 saturated carbocycles. The Morgan fingerprint density at radius 2 is 0.681 bits per heavy atom. The molecule has 6 aromatic carbocycles. The second-order valence-electron chi connectivity index (χ2n) is 14.7. The number of rotatable bonds is 21. The molecule has 0 aliphatic carbocycles. The summed E-state index contributed by atoms with van der Waals surface area (Å²) in [6, 6.07) is 25.4. The summed E-state index contributed by atoms with van der Waals surface area (Å²) in [6.07, 6.45) is 2.94. The van der Waals surface area contributed by atoms with Gasteiger partial charge >= 0.3 is 17.9 Å².